The molecule has 1 aliphatic heterocycles. The zero-order valence-electron chi connectivity index (χ0n) is 8.89. The molecule has 0 amide bonds. The Hall–Kier alpha value is -1.17. The van der Waals surface area contributed by atoms with Gasteiger partial charge in [0.05, 0.1) is 0 Å². The van der Waals surface area contributed by atoms with Gasteiger partial charge in [-0.3, -0.25) is 0 Å². The third-order valence-electron chi connectivity index (χ3n) is 2.94. The van der Waals surface area contributed by atoms with Crippen LogP contribution in [0.15, 0.2) is 22.8 Å². The van der Waals surface area contributed by atoms with Crippen molar-refractivity contribution in [2.24, 2.45) is 0 Å². The highest BCUT2D eigenvalue weighted by atomic mass is 79.9. The maximum Gasteiger partial charge on any atom is 0.182 e. The van der Waals surface area contributed by atoms with Crippen molar-refractivity contribution in [1.29, 1.82) is 0 Å². The van der Waals surface area contributed by atoms with Crippen LogP contribution in [0.1, 0.15) is 18.2 Å². The van der Waals surface area contributed by atoms with Crippen LogP contribution in [-0.4, -0.2) is 27.6 Å². The van der Waals surface area contributed by atoms with E-state index >= 15 is 0 Å². The summed E-state index contributed by atoms with van der Waals surface area (Å²) in [6.45, 7) is 0. The summed E-state index contributed by atoms with van der Waals surface area (Å²) in [7, 11) is 2.20. The molecule has 0 saturated heterocycles. The Bertz CT molecular complexity index is 539. The molecule has 1 aliphatic rings. The van der Waals surface area contributed by atoms with Gasteiger partial charge < -0.3 is 4.57 Å². The van der Waals surface area contributed by atoms with E-state index in [4.69, 9.17) is 0 Å². The molecule has 0 saturated carbocycles. The predicted octanol–water partition coefficient (Wildman–Crippen LogP) is 1.18. The number of hydrogen-bond donors (Lipinski definition) is 0. The Morgan fingerprint density at radius 2 is 2.25 bits per heavy atom. The highest BCUT2D eigenvalue weighted by Crippen LogP contribution is 2.28. The molecule has 0 fully saturated rings. The van der Waals surface area contributed by atoms with E-state index in [0.717, 1.165) is 34.8 Å². The van der Waals surface area contributed by atoms with Crippen molar-refractivity contribution in [1.82, 2.24) is 19.7 Å². The Morgan fingerprint density at radius 1 is 1.38 bits per heavy atom. The molecule has 0 radical (unpaired) electrons. The van der Waals surface area contributed by atoms with Gasteiger partial charge in [-0.25, -0.2) is 4.98 Å². The van der Waals surface area contributed by atoms with E-state index in [0.29, 0.717) is 5.94 Å². The molecule has 1 atom stereocenters. The van der Waals surface area contributed by atoms with E-state index in [9.17, 15) is 0 Å². The third kappa shape index (κ3) is 1.48. The second kappa shape index (κ2) is 3.70. The minimum absolute atomic E-state index is 0.473. The standard InChI is InChI=1S/C10H10BBrN4/c11-7-4-5-9-14-15-10(16(7)9)6-2-1-3-8(12)13-6/h1-3,7H,4-5,11H2/t7-/m1/s1. The maximum absolute atomic E-state index is 4.42. The van der Waals surface area contributed by atoms with E-state index in [1.165, 1.54) is 0 Å². The van der Waals surface area contributed by atoms with Crippen molar-refractivity contribution in [2.45, 2.75) is 18.8 Å². The number of pyridine rings is 1. The largest absolute Gasteiger partial charge is 0.315 e. The van der Waals surface area contributed by atoms with Gasteiger partial charge in [0.2, 0.25) is 0 Å². The molecule has 0 aliphatic carbocycles. The summed E-state index contributed by atoms with van der Waals surface area (Å²) >= 11 is 3.37. The van der Waals surface area contributed by atoms with E-state index in [1.54, 1.807) is 0 Å². The van der Waals surface area contributed by atoms with Gasteiger partial charge >= 0.3 is 0 Å². The minimum atomic E-state index is 0.473. The summed E-state index contributed by atoms with van der Waals surface area (Å²) in [4.78, 5) is 4.42. The van der Waals surface area contributed by atoms with Crippen molar-refractivity contribution in [3.8, 4) is 11.5 Å². The van der Waals surface area contributed by atoms with Crippen molar-refractivity contribution >= 4 is 23.8 Å². The van der Waals surface area contributed by atoms with Crippen LogP contribution in [0.5, 0.6) is 0 Å². The number of rotatable bonds is 1. The molecule has 6 heteroatoms. The van der Waals surface area contributed by atoms with Crippen molar-refractivity contribution in [3.05, 3.63) is 28.6 Å². The molecular formula is C10H10BBrN4. The van der Waals surface area contributed by atoms with Crippen LogP contribution in [0.4, 0.5) is 0 Å². The Morgan fingerprint density at radius 3 is 3.06 bits per heavy atom. The molecule has 16 heavy (non-hydrogen) atoms. The SMILES string of the molecule is B[C@H]1CCc2nnc(-c3cccc(Br)n3)n21. The van der Waals surface area contributed by atoms with Crippen molar-refractivity contribution < 1.29 is 0 Å². The third-order valence-corrected chi connectivity index (χ3v) is 3.38. The van der Waals surface area contributed by atoms with Gasteiger partial charge in [0.25, 0.3) is 0 Å². The normalized spacial score (nSPS) is 18.7. The van der Waals surface area contributed by atoms with Gasteiger partial charge in [0.15, 0.2) is 5.82 Å². The first-order valence-electron chi connectivity index (χ1n) is 5.32. The molecule has 0 bridgehead atoms. The van der Waals surface area contributed by atoms with Gasteiger partial charge in [0, 0.05) is 12.4 Å². The first-order valence-corrected chi connectivity index (χ1v) is 6.11. The fourth-order valence-corrected chi connectivity index (χ4v) is 2.48. The first-order chi connectivity index (χ1) is 7.75. The summed E-state index contributed by atoms with van der Waals surface area (Å²) in [6.07, 6.45) is 2.16. The molecule has 2 aromatic heterocycles. The second-order valence-electron chi connectivity index (χ2n) is 4.04. The molecule has 0 aromatic carbocycles. The zero-order chi connectivity index (χ0) is 11.1. The van der Waals surface area contributed by atoms with Crippen molar-refractivity contribution in [3.63, 3.8) is 0 Å². The number of aryl methyl sites for hydroxylation is 1. The van der Waals surface area contributed by atoms with Crippen LogP contribution in [0.3, 0.4) is 0 Å². The number of hydrogen-bond acceptors (Lipinski definition) is 3. The monoisotopic (exact) mass is 276 g/mol. The highest BCUT2D eigenvalue weighted by Gasteiger charge is 2.24. The zero-order valence-corrected chi connectivity index (χ0v) is 10.5. The molecule has 4 nitrogen and oxygen atoms in total. The van der Waals surface area contributed by atoms with Gasteiger partial charge in [-0.1, -0.05) is 6.07 Å². The summed E-state index contributed by atoms with van der Waals surface area (Å²) in [5.74, 6) is 2.42. The lowest BCUT2D eigenvalue weighted by atomic mass is 9.94. The topological polar surface area (TPSA) is 43.6 Å². The molecule has 3 rings (SSSR count). The van der Waals surface area contributed by atoms with Gasteiger partial charge in [-0.05, 0) is 34.5 Å². The number of aromatic nitrogens is 4. The molecule has 2 aromatic rings. The first kappa shape index (κ1) is 10.0. The molecule has 0 unspecified atom stereocenters. The average Bonchev–Trinajstić information content (AvgIpc) is 2.82. The van der Waals surface area contributed by atoms with Gasteiger partial charge in [0.1, 0.15) is 24.0 Å². The molecule has 3 heterocycles. The number of halogens is 1. The van der Waals surface area contributed by atoms with Crippen LogP contribution in [0, 0.1) is 0 Å². The molecule has 80 valence electrons. The van der Waals surface area contributed by atoms with Crippen molar-refractivity contribution in [2.75, 3.05) is 0 Å². The summed E-state index contributed by atoms with van der Waals surface area (Å²) in [6, 6.07) is 5.84. The van der Waals surface area contributed by atoms with E-state index in [1.807, 2.05) is 18.2 Å². The molecular weight excluding hydrogens is 267 g/mol. The summed E-state index contributed by atoms with van der Waals surface area (Å²) in [5, 5.41) is 8.44. The number of fused-ring (bicyclic) bond motifs is 1. The summed E-state index contributed by atoms with van der Waals surface area (Å²) in [5.41, 5.74) is 0.877. The van der Waals surface area contributed by atoms with E-state index in [2.05, 4.69) is 43.5 Å². The lowest BCUT2D eigenvalue weighted by Crippen LogP contribution is -2.06. The van der Waals surface area contributed by atoms with E-state index in [-0.39, 0.29) is 0 Å². The van der Waals surface area contributed by atoms with E-state index < -0.39 is 0 Å². The van der Waals surface area contributed by atoms with Crippen LogP contribution in [0.25, 0.3) is 11.5 Å². The van der Waals surface area contributed by atoms with Crippen LogP contribution < -0.4 is 0 Å². The Balaban J connectivity index is 2.14. The Kier molecular flexibility index (Phi) is 2.31. The van der Waals surface area contributed by atoms with Gasteiger partial charge in [-0.2, -0.15) is 0 Å². The van der Waals surface area contributed by atoms with Gasteiger partial charge in [-0.15, -0.1) is 10.2 Å². The van der Waals surface area contributed by atoms with Crippen LogP contribution >= 0.6 is 15.9 Å². The fourth-order valence-electron chi connectivity index (χ4n) is 2.13. The molecule has 0 N–H and O–H groups in total. The number of nitrogens with zero attached hydrogens (tertiary/aromatic N) is 4. The second-order valence-corrected chi connectivity index (χ2v) is 4.86. The molecule has 0 spiro atoms. The fraction of sp³-hybridized carbons (Fsp3) is 0.300. The minimum Gasteiger partial charge on any atom is -0.315 e. The summed E-state index contributed by atoms with van der Waals surface area (Å²) < 4.78 is 3.02. The van der Waals surface area contributed by atoms with Crippen LogP contribution in [0.2, 0.25) is 0 Å². The quantitative estimate of drug-likeness (QED) is 0.580. The van der Waals surface area contributed by atoms with Crippen LogP contribution in [-0.2, 0) is 6.42 Å². The lowest BCUT2D eigenvalue weighted by Gasteiger charge is -2.08. The lowest BCUT2D eigenvalue weighted by molar-refractivity contribution is 0.709. The maximum atomic E-state index is 4.42. The Labute approximate surface area is 103 Å². The smallest absolute Gasteiger partial charge is 0.182 e. The average molecular weight is 277 g/mol. The highest BCUT2D eigenvalue weighted by molar-refractivity contribution is 9.10. The predicted molar refractivity (Wildman–Crippen MR) is 66.9 cm³/mol.